The summed E-state index contributed by atoms with van der Waals surface area (Å²) in [6, 6.07) is 1.95. The number of likely N-dealkylation sites (N-methyl/N-ethyl adjacent to an activating group) is 1. The number of aromatic nitrogens is 3. The Balaban J connectivity index is 2.12. The van der Waals surface area contributed by atoms with Crippen molar-refractivity contribution in [1.82, 2.24) is 19.9 Å². The number of halogens is 1. The summed E-state index contributed by atoms with van der Waals surface area (Å²) in [4.78, 5) is 13.9. The molecule has 98 valence electrons. The smallest absolute Gasteiger partial charge is 0.177 e. The number of nitrogens with one attached hydrogen (secondary N) is 1. The summed E-state index contributed by atoms with van der Waals surface area (Å²) in [5.74, 6) is 0.849. The fourth-order valence-electron chi connectivity index (χ4n) is 1.97. The molecular weight excluding hydrogens is 296 g/mol. The van der Waals surface area contributed by atoms with E-state index >= 15 is 0 Å². The zero-order chi connectivity index (χ0) is 13.3. The van der Waals surface area contributed by atoms with Gasteiger partial charge in [0.25, 0.3) is 0 Å². The van der Waals surface area contributed by atoms with Crippen LogP contribution in [0.15, 0.2) is 16.7 Å². The van der Waals surface area contributed by atoms with Crippen LogP contribution in [-0.2, 0) is 6.54 Å². The van der Waals surface area contributed by atoms with Gasteiger partial charge in [-0.25, -0.2) is 9.97 Å². The van der Waals surface area contributed by atoms with E-state index in [1.54, 1.807) is 20.0 Å². The molecule has 6 heteroatoms. The van der Waals surface area contributed by atoms with Crippen LogP contribution in [0.25, 0.3) is 11.2 Å². The maximum atomic E-state index is 9.75. The summed E-state index contributed by atoms with van der Waals surface area (Å²) >= 11 is 3.38. The molecule has 2 aromatic heterocycles. The van der Waals surface area contributed by atoms with E-state index in [-0.39, 0.29) is 0 Å². The lowest BCUT2D eigenvalue weighted by Gasteiger charge is -2.24. The molecule has 0 aliphatic carbocycles. The van der Waals surface area contributed by atoms with Crippen LogP contribution in [0.5, 0.6) is 0 Å². The van der Waals surface area contributed by atoms with Crippen molar-refractivity contribution in [2.24, 2.45) is 0 Å². The number of hydrogen-bond acceptors (Lipinski definition) is 4. The Labute approximate surface area is 114 Å². The van der Waals surface area contributed by atoms with Crippen molar-refractivity contribution in [3.05, 3.63) is 22.6 Å². The van der Waals surface area contributed by atoms with Crippen molar-refractivity contribution in [3.8, 4) is 0 Å². The summed E-state index contributed by atoms with van der Waals surface area (Å²) in [5, 5.41) is 9.75. The molecule has 0 bridgehead atoms. The van der Waals surface area contributed by atoms with Gasteiger partial charge in [-0.15, -0.1) is 0 Å². The molecular formula is C12H17BrN4O. The van der Waals surface area contributed by atoms with Crippen molar-refractivity contribution in [3.63, 3.8) is 0 Å². The van der Waals surface area contributed by atoms with Gasteiger partial charge in [0.15, 0.2) is 5.65 Å². The van der Waals surface area contributed by atoms with Crippen LogP contribution in [0.3, 0.4) is 0 Å². The molecule has 0 saturated heterocycles. The van der Waals surface area contributed by atoms with E-state index in [9.17, 15) is 5.11 Å². The summed E-state index contributed by atoms with van der Waals surface area (Å²) in [7, 11) is 1.95. The number of aliphatic hydroxyl groups is 1. The summed E-state index contributed by atoms with van der Waals surface area (Å²) in [6.07, 6.45) is 1.73. The topological polar surface area (TPSA) is 65.0 Å². The Morgan fingerprint density at radius 3 is 2.89 bits per heavy atom. The molecule has 2 rings (SSSR count). The van der Waals surface area contributed by atoms with Gasteiger partial charge in [0, 0.05) is 17.2 Å². The molecule has 2 heterocycles. The van der Waals surface area contributed by atoms with Gasteiger partial charge in [0.05, 0.1) is 17.7 Å². The first kappa shape index (κ1) is 13.5. The average Bonchev–Trinajstić information content (AvgIpc) is 2.55. The molecule has 0 radical (unpaired) electrons. The number of hydrogen-bond donors (Lipinski definition) is 2. The first-order chi connectivity index (χ1) is 8.33. The van der Waals surface area contributed by atoms with Crippen molar-refractivity contribution in [2.45, 2.75) is 26.0 Å². The molecule has 0 aliphatic rings. The highest BCUT2D eigenvalue weighted by Gasteiger charge is 2.16. The minimum atomic E-state index is -0.706. The van der Waals surface area contributed by atoms with Crippen molar-refractivity contribution in [2.75, 3.05) is 13.6 Å². The molecule has 5 nitrogen and oxygen atoms in total. The number of pyridine rings is 1. The third-order valence-electron chi connectivity index (χ3n) is 2.43. The number of rotatable bonds is 4. The predicted octanol–water partition coefficient (Wildman–Crippen LogP) is 1.92. The summed E-state index contributed by atoms with van der Waals surface area (Å²) in [6.45, 7) is 4.82. The highest BCUT2D eigenvalue weighted by atomic mass is 79.9. The monoisotopic (exact) mass is 312 g/mol. The van der Waals surface area contributed by atoms with E-state index in [1.807, 2.05) is 18.0 Å². The lowest BCUT2D eigenvalue weighted by molar-refractivity contribution is 0.0419. The molecule has 0 saturated carbocycles. The summed E-state index contributed by atoms with van der Waals surface area (Å²) in [5.41, 5.74) is 0.920. The van der Waals surface area contributed by atoms with E-state index < -0.39 is 5.60 Å². The molecule has 18 heavy (non-hydrogen) atoms. The Hall–Kier alpha value is -0.980. The first-order valence-corrected chi connectivity index (χ1v) is 6.54. The molecule has 0 spiro atoms. The fourth-order valence-corrected chi connectivity index (χ4v) is 2.30. The van der Waals surface area contributed by atoms with Crippen LogP contribution < -0.4 is 0 Å². The van der Waals surface area contributed by atoms with Gasteiger partial charge in [-0.05, 0) is 42.9 Å². The highest BCUT2D eigenvalue weighted by molar-refractivity contribution is 9.10. The van der Waals surface area contributed by atoms with Crippen LogP contribution in [0.2, 0.25) is 0 Å². The van der Waals surface area contributed by atoms with Crippen LogP contribution in [-0.4, -0.2) is 44.2 Å². The Morgan fingerprint density at radius 1 is 1.50 bits per heavy atom. The maximum absolute atomic E-state index is 9.75. The largest absolute Gasteiger partial charge is 0.389 e. The average molecular weight is 313 g/mol. The van der Waals surface area contributed by atoms with E-state index in [2.05, 4.69) is 30.9 Å². The molecule has 0 atom stereocenters. The SMILES string of the molecule is CN(Cc1nc2ncc(Br)cc2[nH]1)CC(C)(C)O. The minimum absolute atomic E-state index is 0.584. The lowest BCUT2D eigenvalue weighted by Crippen LogP contribution is -2.36. The van der Waals surface area contributed by atoms with Crippen LogP contribution in [0, 0.1) is 0 Å². The number of fused-ring (bicyclic) bond motifs is 1. The van der Waals surface area contributed by atoms with Crippen LogP contribution >= 0.6 is 15.9 Å². The van der Waals surface area contributed by atoms with Crippen LogP contribution in [0.1, 0.15) is 19.7 Å². The second-order valence-corrected chi connectivity index (χ2v) is 6.11. The Kier molecular flexibility index (Phi) is 3.70. The Morgan fingerprint density at radius 2 is 2.22 bits per heavy atom. The van der Waals surface area contributed by atoms with E-state index in [0.717, 1.165) is 15.8 Å². The number of H-pyrrole nitrogens is 1. The summed E-state index contributed by atoms with van der Waals surface area (Å²) < 4.78 is 0.926. The predicted molar refractivity (Wildman–Crippen MR) is 74.2 cm³/mol. The molecule has 2 N–H and O–H groups in total. The lowest BCUT2D eigenvalue weighted by atomic mass is 10.1. The normalized spacial score (nSPS) is 12.6. The van der Waals surface area contributed by atoms with Gasteiger partial charge < -0.3 is 10.1 Å². The van der Waals surface area contributed by atoms with Crippen molar-refractivity contribution < 1.29 is 5.11 Å². The molecule has 0 unspecified atom stereocenters. The van der Waals surface area contributed by atoms with Crippen molar-refractivity contribution in [1.29, 1.82) is 0 Å². The van der Waals surface area contributed by atoms with Crippen molar-refractivity contribution >= 4 is 27.1 Å². The van der Waals surface area contributed by atoms with Gasteiger partial charge >= 0.3 is 0 Å². The van der Waals surface area contributed by atoms with E-state index in [0.29, 0.717) is 18.7 Å². The van der Waals surface area contributed by atoms with Gasteiger partial charge in [-0.3, -0.25) is 4.90 Å². The second kappa shape index (κ2) is 4.95. The second-order valence-electron chi connectivity index (χ2n) is 5.19. The zero-order valence-corrected chi connectivity index (χ0v) is 12.3. The standard InChI is InChI=1S/C12H17BrN4O/c1-12(2,18)7-17(3)6-10-15-9-4-8(13)5-14-11(9)16-10/h4-5,18H,6-7H2,1-3H3,(H,14,15,16). The quantitative estimate of drug-likeness (QED) is 0.905. The number of imidazole rings is 1. The third kappa shape index (κ3) is 3.51. The van der Waals surface area contributed by atoms with Crippen LogP contribution in [0.4, 0.5) is 0 Å². The van der Waals surface area contributed by atoms with Gasteiger partial charge in [-0.2, -0.15) is 0 Å². The number of aromatic amines is 1. The molecule has 0 aliphatic heterocycles. The maximum Gasteiger partial charge on any atom is 0.177 e. The van der Waals surface area contributed by atoms with E-state index in [4.69, 9.17) is 0 Å². The van der Waals surface area contributed by atoms with Gasteiger partial charge in [-0.1, -0.05) is 0 Å². The third-order valence-corrected chi connectivity index (χ3v) is 2.86. The molecule has 0 aromatic carbocycles. The highest BCUT2D eigenvalue weighted by Crippen LogP contribution is 2.16. The zero-order valence-electron chi connectivity index (χ0n) is 10.7. The molecule has 0 amide bonds. The minimum Gasteiger partial charge on any atom is -0.389 e. The Bertz CT molecular complexity index is 546. The van der Waals surface area contributed by atoms with Gasteiger partial charge in [0.1, 0.15) is 5.82 Å². The number of nitrogens with zero attached hydrogens (tertiary/aromatic N) is 3. The van der Waals surface area contributed by atoms with Gasteiger partial charge in [0.2, 0.25) is 0 Å². The molecule has 2 aromatic rings. The fraction of sp³-hybridized carbons (Fsp3) is 0.500. The van der Waals surface area contributed by atoms with E-state index in [1.165, 1.54) is 0 Å². The first-order valence-electron chi connectivity index (χ1n) is 5.74. The molecule has 0 fully saturated rings.